The van der Waals surface area contributed by atoms with Gasteiger partial charge in [0.05, 0.1) is 11.6 Å². The lowest BCUT2D eigenvalue weighted by molar-refractivity contribution is -0.124. The molecule has 0 aromatic heterocycles. The van der Waals surface area contributed by atoms with Gasteiger partial charge in [0.15, 0.2) is 6.61 Å². The SMILES string of the molecule is Cc1ccc(C)c(C(=O)OCC(=O)N[C@@H](C)c2ccc(F)cc2)c1. The molecule has 1 atom stereocenters. The van der Waals surface area contributed by atoms with Crippen molar-refractivity contribution in [3.05, 3.63) is 70.5 Å². The molecule has 0 saturated heterocycles. The van der Waals surface area contributed by atoms with Crippen LogP contribution in [-0.2, 0) is 9.53 Å². The van der Waals surface area contributed by atoms with Gasteiger partial charge in [0.2, 0.25) is 0 Å². The van der Waals surface area contributed by atoms with Crippen molar-refractivity contribution >= 4 is 11.9 Å². The quantitative estimate of drug-likeness (QED) is 0.855. The summed E-state index contributed by atoms with van der Waals surface area (Å²) in [5.74, 6) is -1.27. The molecule has 0 saturated carbocycles. The van der Waals surface area contributed by atoms with Gasteiger partial charge in [0.1, 0.15) is 5.82 Å². The number of carbonyl (C=O) groups is 2. The van der Waals surface area contributed by atoms with E-state index in [2.05, 4.69) is 5.32 Å². The Bertz CT molecular complexity index is 741. The van der Waals surface area contributed by atoms with Gasteiger partial charge in [-0.1, -0.05) is 29.8 Å². The maximum atomic E-state index is 12.9. The van der Waals surface area contributed by atoms with Crippen molar-refractivity contribution in [3.8, 4) is 0 Å². The zero-order valence-electron chi connectivity index (χ0n) is 13.9. The summed E-state index contributed by atoms with van der Waals surface area (Å²) in [6, 6.07) is 11.0. The van der Waals surface area contributed by atoms with E-state index in [0.29, 0.717) is 5.56 Å². The topological polar surface area (TPSA) is 55.4 Å². The molecule has 5 heteroatoms. The molecule has 0 radical (unpaired) electrons. The molecule has 2 aromatic carbocycles. The predicted octanol–water partition coefficient (Wildman–Crippen LogP) is 3.48. The van der Waals surface area contributed by atoms with Crippen LogP contribution < -0.4 is 5.32 Å². The molecule has 0 unspecified atom stereocenters. The number of benzene rings is 2. The van der Waals surface area contributed by atoms with Crippen molar-refractivity contribution in [1.29, 1.82) is 0 Å². The van der Waals surface area contributed by atoms with Crippen LogP contribution in [0.25, 0.3) is 0 Å². The van der Waals surface area contributed by atoms with Gasteiger partial charge in [-0.05, 0) is 50.1 Å². The van der Waals surface area contributed by atoms with E-state index in [1.165, 1.54) is 12.1 Å². The van der Waals surface area contributed by atoms with Crippen LogP contribution in [0, 0.1) is 19.7 Å². The number of carbonyl (C=O) groups excluding carboxylic acids is 2. The number of rotatable bonds is 5. The molecule has 0 bridgehead atoms. The van der Waals surface area contributed by atoms with E-state index >= 15 is 0 Å². The van der Waals surface area contributed by atoms with Gasteiger partial charge in [0, 0.05) is 0 Å². The Balaban J connectivity index is 1.89. The van der Waals surface area contributed by atoms with Gasteiger partial charge >= 0.3 is 5.97 Å². The lowest BCUT2D eigenvalue weighted by Crippen LogP contribution is -2.31. The number of ether oxygens (including phenoxy) is 1. The highest BCUT2D eigenvalue weighted by molar-refractivity contribution is 5.92. The molecular formula is C19H20FNO3. The van der Waals surface area contributed by atoms with Crippen molar-refractivity contribution in [2.75, 3.05) is 6.61 Å². The fraction of sp³-hybridized carbons (Fsp3) is 0.263. The minimum Gasteiger partial charge on any atom is -0.452 e. The first-order chi connectivity index (χ1) is 11.4. The summed E-state index contributed by atoms with van der Waals surface area (Å²) >= 11 is 0. The van der Waals surface area contributed by atoms with Gasteiger partial charge in [-0.3, -0.25) is 4.79 Å². The molecule has 0 aliphatic rings. The molecule has 24 heavy (non-hydrogen) atoms. The fourth-order valence-electron chi connectivity index (χ4n) is 2.28. The zero-order valence-corrected chi connectivity index (χ0v) is 13.9. The predicted molar refractivity (Wildman–Crippen MR) is 89.2 cm³/mol. The summed E-state index contributed by atoms with van der Waals surface area (Å²) in [6.07, 6.45) is 0. The Hall–Kier alpha value is -2.69. The number of aryl methyl sites for hydroxylation is 2. The molecule has 0 aliphatic carbocycles. The van der Waals surface area contributed by atoms with Crippen molar-refractivity contribution < 1.29 is 18.7 Å². The highest BCUT2D eigenvalue weighted by Crippen LogP contribution is 2.14. The maximum Gasteiger partial charge on any atom is 0.338 e. The Morgan fingerprint density at radius 1 is 1.12 bits per heavy atom. The van der Waals surface area contributed by atoms with Crippen LogP contribution in [0.5, 0.6) is 0 Å². The summed E-state index contributed by atoms with van der Waals surface area (Å²) in [7, 11) is 0. The molecule has 2 rings (SSSR count). The molecular weight excluding hydrogens is 309 g/mol. The fourth-order valence-corrected chi connectivity index (χ4v) is 2.28. The van der Waals surface area contributed by atoms with Crippen LogP contribution in [0.4, 0.5) is 4.39 Å². The second-order valence-electron chi connectivity index (χ2n) is 5.74. The van der Waals surface area contributed by atoms with Gasteiger partial charge in [-0.15, -0.1) is 0 Å². The first-order valence-corrected chi connectivity index (χ1v) is 7.66. The lowest BCUT2D eigenvalue weighted by Gasteiger charge is -2.14. The Labute approximate surface area is 140 Å². The van der Waals surface area contributed by atoms with Crippen molar-refractivity contribution in [2.45, 2.75) is 26.8 Å². The van der Waals surface area contributed by atoms with E-state index in [4.69, 9.17) is 4.74 Å². The number of amides is 1. The molecule has 0 spiro atoms. The summed E-state index contributed by atoms with van der Waals surface area (Å²) < 4.78 is 18.0. The first-order valence-electron chi connectivity index (χ1n) is 7.66. The molecule has 0 heterocycles. The number of hydrogen-bond acceptors (Lipinski definition) is 3. The number of hydrogen-bond donors (Lipinski definition) is 1. The summed E-state index contributed by atoms with van der Waals surface area (Å²) in [5.41, 5.74) is 2.97. The number of nitrogens with one attached hydrogen (secondary N) is 1. The average Bonchev–Trinajstić information content (AvgIpc) is 2.55. The molecule has 126 valence electrons. The third kappa shape index (κ3) is 4.65. The van der Waals surface area contributed by atoms with Crippen LogP contribution in [0.2, 0.25) is 0 Å². The minimum absolute atomic E-state index is 0.308. The van der Waals surface area contributed by atoms with E-state index < -0.39 is 11.9 Å². The molecule has 1 N–H and O–H groups in total. The van der Waals surface area contributed by atoms with Gasteiger partial charge < -0.3 is 10.1 Å². The van der Waals surface area contributed by atoms with Crippen LogP contribution in [-0.4, -0.2) is 18.5 Å². The van der Waals surface area contributed by atoms with Gasteiger partial charge in [-0.25, -0.2) is 9.18 Å². The zero-order chi connectivity index (χ0) is 17.7. The second kappa shape index (κ2) is 7.73. The minimum atomic E-state index is -0.527. The molecule has 4 nitrogen and oxygen atoms in total. The van der Waals surface area contributed by atoms with Crippen molar-refractivity contribution in [2.24, 2.45) is 0 Å². The van der Waals surface area contributed by atoms with Gasteiger partial charge in [-0.2, -0.15) is 0 Å². The third-order valence-electron chi connectivity index (χ3n) is 3.69. The normalized spacial score (nSPS) is 11.7. The molecule has 2 aromatic rings. The standard InChI is InChI=1S/C19H20FNO3/c1-12-4-5-13(2)17(10-12)19(23)24-11-18(22)21-14(3)15-6-8-16(20)9-7-15/h4-10,14H,11H2,1-3H3,(H,21,22)/t14-/m0/s1. The summed E-state index contributed by atoms with van der Waals surface area (Å²) in [4.78, 5) is 24.0. The average molecular weight is 329 g/mol. The largest absolute Gasteiger partial charge is 0.452 e. The van der Waals surface area contributed by atoms with Crippen LogP contribution in [0.3, 0.4) is 0 Å². The van der Waals surface area contributed by atoms with Crippen LogP contribution in [0.15, 0.2) is 42.5 Å². The Morgan fingerprint density at radius 2 is 1.79 bits per heavy atom. The summed E-state index contributed by atoms with van der Waals surface area (Å²) in [5, 5.41) is 2.71. The Morgan fingerprint density at radius 3 is 2.46 bits per heavy atom. The summed E-state index contributed by atoms with van der Waals surface area (Å²) in [6.45, 7) is 5.11. The van der Waals surface area contributed by atoms with E-state index in [0.717, 1.165) is 16.7 Å². The van der Waals surface area contributed by atoms with Crippen molar-refractivity contribution in [1.82, 2.24) is 5.32 Å². The van der Waals surface area contributed by atoms with Crippen LogP contribution in [0.1, 0.15) is 40.0 Å². The first kappa shape index (κ1) is 17.7. The molecule has 0 aliphatic heterocycles. The van der Waals surface area contributed by atoms with E-state index in [9.17, 15) is 14.0 Å². The molecule has 0 fully saturated rings. The van der Waals surface area contributed by atoms with E-state index in [1.807, 2.05) is 26.0 Å². The monoisotopic (exact) mass is 329 g/mol. The third-order valence-corrected chi connectivity index (χ3v) is 3.69. The maximum absolute atomic E-state index is 12.9. The van der Waals surface area contributed by atoms with E-state index in [1.54, 1.807) is 25.1 Å². The highest BCUT2D eigenvalue weighted by atomic mass is 19.1. The number of halogens is 1. The number of esters is 1. The van der Waals surface area contributed by atoms with Gasteiger partial charge in [0.25, 0.3) is 5.91 Å². The smallest absolute Gasteiger partial charge is 0.338 e. The van der Waals surface area contributed by atoms with E-state index in [-0.39, 0.29) is 18.5 Å². The highest BCUT2D eigenvalue weighted by Gasteiger charge is 2.15. The van der Waals surface area contributed by atoms with Crippen molar-refractivity contribution in [3.63, 3.8) is 0 Å². The lowest BCUT2D eigenvalue weighted by atomic mass is 10.1. The molecule has 1 amide bonds. The Kier molecular flexibility index (Phi) is 5.68. The second-order valence-corrected chi connectivity index (χ2v) is 5.74. The van der Waals surface area contributed by atoms with Crippen LogP contribution >= 0.6 is 0 Å².